The minimum Gasteiger partial charge on any atom is -0.395 e. The van der Waals surface area contributed by atoms with Gasteiger partial charge in [0.1, 0.15) is 0 Å². The second-order valence-electron chi connectivity index (χ2n) is 4.78. The first-order chi connectivity index (χ1) is 8.69. The summed E-state index contributed by atoms with van der Waals surface area (Å²) >= 11 is 3.42. The molecule has 3 nitrogen and oxygen atoms in total. The number of aliphatic hydroxyl groups excluding tert-OH is 1. The zero-order valence-electron chi connectivity index (χ0n) is 10.3. The van der Waals surface area contributed by atoms with E-state index < -0.39 is 5.41 Å². The summed E-state index contributed by atoms with van der Waals surface area (Å²) in [5.41, 5.74) is 0.689. The van der Waals surface area contributed by atoms with E-state index in [1.807, 2.05) is 24.3 Å². The molecule has 0 heterocycles. The molecule has 0 aliphatic heterocycles. The minimum absolute atomic E-state index is 0.0117. The summed E-state index contributed by atoms with van der Waals surface area (Å²) in [6.45, 7) is 0.319. The molecule has 0 atom stereocenters. The third-order valence-corrected chi connectivity index (χ3v) is 4.21. The summed E-state index contributed by atoms with van der Waals surface area (Å²) < 4.78 is 1.02. The van der Waals surface area contributed by atoms with Gasteiger partial charge < -0.3 is 10.4 Å². The number of halogens is 1. The van der Waals surface area contributed by atoms with Crippen molar-refractivity contribution in [2.45, 2.75) is 31.1 Å². The summed E-state index contributed by atoms with van der Waals surface area (Å²) in [4.78, 5) is 12.4. The Hall–Kier alpha value is -0.870. The monoisotopic (exact) mass is 311 g/mol. The molecule has 1 aromatic rings. The van der Waals surface area contributed by atoms with Crippen molar-refractivity contribution in [1.82, 2.24) is 5.32 Å². The molecular formula is C14H18BrNO2. The Balaban J connectivity index is 2.26. The fraction of sp³-hybridized carbons (Fsp3) is 0.500. The number of carbonyl (C=O) groups is 1. The Morgan fingerprint density at radius 3 is 2.44 bits per heavy atom. The van der Waals surface area contributed by atoms with Gasteiger partial charge in [0.15, 0.2) is 0 Å². The number of nitrogens with one attached hydrogen (secondary N) is 1. The van der Waals surface area contributed by atoms with E-state index in [4.69, 9.17) is 5.11 Å². The van der Waals surface area contributed by atoms with E-state index in [0.717, 1.165) is 35.7 Å². The highest BCUT2D eigenvalue weighted by molar-refractivity contribution is 9.10. The minimum atomic E-state index is -0.393. The number of rotatable bonds is 4. The van der Waals surface area contributed by atoms with Crippen LogP contribution in [0.2, 0.25) is 0 Å². The first-order valence-electron chi connectivity index (χ1n) is 6.34. The molecule has 98 valence electrons. The SMILES string of the molecule is O=C(NCCO)C1(c2ccc(Br)cc2)CCCC1. The summed E-state index contributed by atoms with van der Waals surface area (Å²) in [7, 11) is 0. The summed E-state index contributed by atoms with van der Waals surface area (Å²) in [6.07, 6.45) is 3.96. The summed E-state index contributed by atoms with van der Waals surface area (Å²) in [5.74, 6) is 0.0522. The Morgan fingerprint density at radius 1 is 1.28 bits per heavy atom. The molecular weight excluding hydrogens is 294 g/mol. The summed E-state index contributed by atoms with van der Waals surface area (Å²) in [6, 6.07) is 8.01. The molecule has 2 N–H and O–H groups in total. The van der Waals surface area contributed by atoms with Crippen molar-refractivity contribution in [3.8, 4) is 0 Å². The molecule has 1 saturated carbocycles. The Labute approximate surface area is 116 Å². The van der Waals surface area contributed by atoms with Gasteiger partial charge in [0.25, 0.3) is 0 Å². The van der Waals surface area contributed by atoms with Crippen LogP contribution >= 0.6 is 15.9 Å². The molecule has 0 aromatic heterocycles. The number of carbonyl (C=O) groups excluding carboxylic acids is 1. The van der Waals surface area contributed by atoms with Gasteiger partial charge in [-0.3, -0.25) is 4.79 Å². The van der Waals surface area contributed by atoms with E-state index in [1.165, 1.54) is 0 Å². The van der Waals surface area contributed by atoms with Gasteiger partial charge in [-0.15, -0.1) is 0 Å². The topological polar surface area (TPSA) is 49.3 Å². The van der Waals surface area contributed by atoms with Crippen LogP contribution in [0.5, 0.6) is 0 Å². The molecule has 0 radical (unpaired) electrons. The van der Waals surface area contributed by atoms with E-state index in [0.29, 0.717) is 6.54 Å². The van der Waals surface area contributed by atoms with Crippen LogP contribution in [0.15, 0.2) is 28.7 Å². The second kappa shape index (κ2) is 5.85. The van der Waals surface area contributed by atoms with Gasteiger partial charge in [0, 0.05) is 11.0 Å². The largest absolute Gasteiger partial charge is 0.395 e. The van der Waals surface area contributed by atoms with Crippen molar-refractivity contribution < 1.29 is 9.90 Å². The third-order valence-electron chi connectivity index (χ3n) is 3.69. The van der Waals surface area contributed by atoms with Gasteiger partial charge in [-0.25, -0.2) is 0 Å². The van der Waals surface area contributed by atoms with Crippen LogP contribution in [0.25, 0.3) is 0 Å². The van der Waals surface area contributed by atoms with E-state index in [2.05, 4.69) is 21.2 Å². The normalized spacial score (nSPS) is 17.7. The lowest BCUT2D eigenvalue weighted by Crippen LogP contribution is -2.43. The smallest absolute Gasteiger partial charge is 0.230 e. The van der Waals surface area contributed by atoms with Crippen LogP contribution in [0.3, 0.4) is 0 Å². The lowest BCUT2D eigenvalue weighted by Gasteiger charge is -2.28. The number of hydrogen-bond acceptors (Lipinski definition) is 2. The van der Waals surface area contributed by atoms with E-state index >= 15 is 0 Å². The predicted molar refractivity (Wildman–Crippen MR) is 74.4 cm³/mol. The molecule has 0 bridgehead atoms. The molecule has 1 aliphatic carbocycles. The van der Waals surface area contributed by atoms with E-state index in [1.54, 1.807) is 0 Å². The molecule has 1 amide bonds. The van der Waals surface area contributed by atoms with Crippen LogP contribution in [-0.2, 0) is 10.2 Å². The van der Waals surface area contributed by atoms with Crippen molar-refractivity contribution in [2.24, 2.45) is 0 Å². The fourth-order valence-electron chi connectivity index (χ4n) is 2.73. The van der Waals surface area contributed by atoms with Crippen LogP contribution in [0, 0.1) is 0 Å². The highest BCUT2D eigenvalue weighted by Crippen LogP contribution is 2.41. The number of amides is 1. The van der Waals surface area contributed by atoms with Gasteiger partial charge in [-0.1, -0.05) is 40.9 Å². The standard InChI is InChI=1S/C14H18BrNO2/c15-12-5-3-11(4-6-12)14(7-1-2-8-14)13(18)16-9-10-17/h3-6,17H,1-2,7-10H2,(H,16,18). The summed E-state index contributed by atoms with van der Waals surface area (Å²) in [5, 5.41) is 11.7. The van der Waals surface area contributed by atoms with Gasteiger partial charge in [0.05, 0.1) is 12.0 Å². The first kappa shape index (κ1) is 13.6. The maximum absolute atomic E-state index is 12.4. The lowest BCUT2D eigenvalue weighted by molar-refractivity contribution is -0.126. The average Bonchev–Trinajstić information content (AvgIpc) is 2.87. The molecule has 18 heavy (non-hydrogen) atoms. The number of hydrogen-bond donors (Lipinski definition) is 2. The molecule has 1 aromatic carbocycles. The molecule has 4 heteroatoms. The predicted octanol–water partition coefficient (Wildman–Crippen LogP) is 2.37. The zero-order chi connectivity index (χ0) is 13.0. The molecule has 0 saturated heterocycles. The van der Waals surface area contributed by atoms with Crippen molar-refractivity contribution in [1.29, 1.82) is 0 Å². The van der Waals surface area contributed by atoms with Crippen LogP contribution in [0.4, 0.5) is 0 Å². The highest BCUT2D eigenvalue weighted by atomic mass is 79.9. The zero-order valence-corrected chi connectivity index (χ0v) is 11.9. The third kappa shape index (κ3) is 2.59. The van der Waals surface area contributed by atoms with Gasteiger partial charge >= 0.3 is 0 Å². The maximum Gasteiger partial charge on any atom is 0.230 e. The van der Waals surface area contributed by atoms with Gasteiger partial charge in [-0.2, -0.15) is 0 Å². The molecule has 0 unspecified atom stereocenters. The molecule has 0 spiro atoms. The second-order valence-corrected chi connectivity index (χ2v) is 5.69. The van der Waals surface area contributed by atoms with Crippen molar-refractivity contribution in [3.63, 3.8) is 0 Å². The quantitative estimate of drug-likeness (QED) is 0.897. The molecule has 1 fully saturated rings. The maximum atomic E-state index is 12.4. The van der Waals surface area contributed by atoms with E-state index in [9.17, 15) is 4.79 Å². The highest BCUT2D eigenvalue weighted by Gasteiger charge is 2.42. The van der Waals surface area contributed by atoms with Crippen LogP contribution in [0.1, 0.15) is 31.2 Å². The molecule has 2 rings (SSSR count). The van der Waals surface area contributed by atoms with Crippen LogP contribution < -0.4 is 5.32 Å². The van der Waals surface area contributed by atoms with Crippen LogP contribution in [-0.4, -0.2) is 24.2 Å². The van der Waals surface area contributed by atoms with Crippen molar-refractivity contribution in [2.75, 3.05) is 13.2 Å². The average molecular weight is 312 g/mol. The van der Waals surface area contributed by atoms with Crippen molar-refractivity contribution >= 4 is 21.8 Å². The van der Waals surface area contributed by atoms with E-state index in [-0.39, 0.29) is 12.5 Å². The van der Waals surface area contributed by atoms with Gasteiger partial charge in [-0.05, 0) is 30.5 Å². The van der Waals surface area contributed by atoms with Gasteiger partial charge in [0.2, 0.25) is 5.91 Å². The Morgan fingerprint density at radius 2 is 1.89 bits per heavy atom. The number of aliphatic hydroxyl groups is 1. The van der Waals surface area contributed by atoms with Crippen molar-refractivity contribution in [3.05, 3.63) is 34.3 Å². The molecule has 1 aliphatic rings. The number of benzene rings is 1. The Bertz CT molecular complexity index is 410. The first-order valence-corrected chi connectivity index (χ1v) is 7.13. The Kier molecular flexibility index (Phi) is 4.40. The fourth-order valence-corrected chi connectivity index (χ4v) is 3.00. The lowest BCUT2D eigenvalue weighted by atomic mass is 9.78.